The number of carbonyl (C=O) groups excluding carboxylic acids is 1. The second kappa shape index (κ2) is 6.91. The molecule has 2 aromatic rings. The molecule has 23 heavy (non-hydrogen) atoms. The molecule has 0 spiro atoms. The van der Waals surface area contributed by atoms with Crippen molar-refractivity contribution < 1.29 is 19.2 Å². The summed E-state index contributed by atoms with van der Waals surface area (Å²) >= 11 is 0. The van der Waals surface area contributed by atoms with Crippen molar-refractivity contribution in [3.8, 4) is 0 Å². The van der Waals surface area contributed by atoms with Gasteiger partial charge in [-0.15, -0.1) is 0 Å². The Kier molecular flexibility index (Phi) is 4.95. The van der Waals surface area contributed by atoms with Gasteiger partial charge in [-0.25, -0.2) is 4.79 Å². The van der Waals surface area contributed by atoms with Crippen LogP contribution in [0.1, 0.15) is 32.9 Å². The summed E-state index contributed by atoms with van der Waals surface area (Å²) in [6.45, 7) is 4.07. The van der Waals surface area contributed by atoms with Gasteiger partial charge in [0.05, 0.1) is 17.8 Å². The van der Waals surface area contributed by atoms with E-state index in [0.29, 0.717) is 12.3 Å². The zero-order valence-electron chi connectivity index (χ0n) is 13.2. The first-order chi connectivity index (χ1) is 10.9. The van der Waals surface area contributed by atoms with E-state index in [1.54, 1.807) is 30.2 Å². The zero-order chi connectivity index (χ0) is 17.0. The molecule has 0 bridgehead atoms. The van der Waals surface area contributed by atoms with E-state index in [-0.39, 0.29) is 11.5 Å². The first-order valence-electron chi connectivity index (χ1n) is 7.06. The number of carboxylic acid groups (broad SMARTS) is 1. The topological polar surface area (TPSA) is 83.6 Å². The lowest BCUT2D eigenvalue weighted by Gasteiger charge is -2.14. The van der Waals surface area contributed by atoms with Crippen molar-refractivity contribution in [2.75, 3.05) is 7.05 Å². The Bertz CT molecular complexity index is 725. The fourth-order valence-corrected chi connectivity index (χ4v) is 2.07. The molecule has 6 heteroatoms. The number of hydrogen-bond donors (Lipinski definition) is 1. The van der Waals surface area contributed by atoms with Crippen LogP contribution in [0, 0.1) is 13.8 Å². The lowest BCUT2D eigenvalue weighted by Crippen LogP contribution is -2.24. The minimum atomic E-state index is -0.976. The molecule has 1 amide bonds. The van der Waals surface area contributed by atoms with Gasteiger partial charge >= 0.3 is 5.97 Å². The first-order valence-corrected chi connectivity index (χ1v) is 7.06. The van der Waals surface area contributed by atoms with Gasteiger partial charge in [0.25, 0.3) is 0 Å². The fourth-order valence-electron chi connectivity index (χ4n) is 2.07. The van der Waals surface area contributed by atoms with Crippen LogP contribution in [0.3, 0.4) is 0 Å². The molecule has 6 nitrogen and oxygen atoms in total. The third-order valence-corrected chi connectivity index (χ3v) is 3.53. The molecule has 0 fully saturated rings. The van der Waals surface area contributed by atoms with E-state index in [1.807, 2.05) is 13.8 Å². The number of aryl methyl sites for hydroxylation is 2. The first kappa shape index (κ1) is 16.5. The molecular formula is C17H18N2O4. The highest BCUT2D eigenvalue weighted by Crippen LogP contribution is 2.14. The molecule has 0 atom stereocenters. The number of likely N-dealkylation sites (N-methyl/N-ethyl adjacent to an activating group) is 1. The van der Waals surface area contributed by atoms with Gasteiger partial charge in [-0.05, 0) is 37.6 Å². The van der Waals surface area contributed by atoms with E-state index in [1.165, 1.54) is 18.2 Å². The maximum Gasteiger partial charge on any atom is 0.335 e. The Morgan fingerprint density at radius 3 is 2.43 bits per heavy atom. The molecule has 0 radical (unpaired) electrons. The molecule has 0 saturated heterocycles. The minimum absolute atomic E-state index is 0.160. The highest BCUT2D eigenvalue weighted by Gasteiger charge is 2.13. The van der Waals surface area contributed by atoms with Gasteiger partial charge in [0, 0.05) is 18.7 Å². The van der Waals surface area contributed by atoms with Gasteiger partial charge in [0.2, 0.25) is 5.91 Å². The molecule has 1 heterocycles. The van der Waals surface area contributed by atoms with Crippen molar-refractivity contribution in [2.45, 2.75) is 20.4 Å². The van der Waals surface area contributed by atoms with Gasteiger partial charge < -0.3 is 14.5 Å². The Hall–Kier alpha value is -2.89. The van der Waals surface area contributed by atoms with Crippen molar-refractivity contribution in [3.63, 3.8) is 0 Å². The third kappa shape index (κ3) is 4.06. The SMILES string of the molecule is Cc1noc(C)c1CN(C)C(=O)C=Cc1ccc(C(=O)O)cc1. The van der Waals surface area contributed by atoms with E-state index in [9.17, 15) is 9.59 Å². The van der Waals surface area contributed by atoms with Gasteiger partial charge in [-0.2, -0.15) is 0 Å². The molecule has 120 valence electrons. The lowest BCUT2D eigenvalue weighted by atomic mass is 10.1. The summed E-state index contributed by atoms with van der Waals surface area (Å²) in [5.74, 6) is -0.432. The average Bonchev–Trinajstić information content (AvgIpc) is 2.84. The van der Waals surface area contributed by atoms with E-state index >= 15 is 0 Å². The van der Waals surface area contributed by atoms with Gasteiger partial charge in [0.15, 0.2) is 0 Å². The Morgan fingerprint density at radius 1 is 1.26 bits per heavy atom. The molecule has 0 aliphatic rings. The van der Waals surface area contributed by atoms with E-state index < -0.39 is 5.97 Å². The second-order valence-electron chi connectivity index (χ2n) is 5.26. The number of hydrogen-bond acceptors (Lipinski definition) is 4. The van der Waals surface area contributed by atoms with Crippen molar-refractivity contribution in [2.24, 2.45) is 0 Å². The maximum absolute atomic E-state index is 12.1. The summed E-state index contributed by atoms with van der Waals surface area (Å²) < 4.78 is 5.08. The smallest absolute Gasteiger partial charge is 0.335 e. The van der Waals surface area contributed by atoms with Crippen molar-refractivity contribution in [1.29, 1.82) is 0 Å². The van der Waals surface area contributed by atoms with Gasteiger partial charge in [-0.3, -0.25) is 4.79 Å². The molecule has 0 saturated carbocycles. The fraction of sp³-hybridized carbons (Fsp3) is 0.235. The van der Waals surface area contributed by atoms with Crippen LogP contribution in [0.5, 0.6) is 0 Å². The van der Waals surface area contributed by atoms with E-state index in [2.05, 4.69) is 5.16 Å². The molecule has 0 aliphatic heterocycles. The number of amides is 1. The van der Waals surface area contributed by atoms with Gasteiger partial charge in [-0.1, -0.05) is 17.3 Å². The number of rotatable bonds is 5. The predicted octanol–water partition coefficient (Wildman–Crippen LogP) is 2.66. The Balaban J connectivity index is 2.01. The molecule has 1 aromatic heterocycles. The molecular weight excluding hydrogens is 296 g/mol. The largest absolute Gasteiger partial charge is 0.478 e. The summed E-state index contributed by atoms with van der Waals surface area (Å²) in [6.07, 6.45) is 3.10. The Morgan fingerprint density at radius 2 is 1.91 bits per heavy atom. The summed E-state index contributed by atoms with van der Waals surface area (Å²) in [5, 5.41) is 12.7. The number of carbonyl (C=O) groups is 2. The molecule has 2 rings (SSSR count). The highest BCUT2D eigenvalue weighted by atomic mass is 16.5. The lowest BCUT2D eigenvalue weighted by molar-refractivity contribution is -0.125. The van der Waals surface area contributed by atoms with Crippen molar-refractivity contribution in [3.05, 3.63) is 58.5 Å². The van der Waals surface area contributed by atoms with E-state index in [4.69, 9.17) is 9.63 Å². The number of aromatic carboxylic acids is 1. The molecule has 0 aliphatic carbocycles. The zero-order valence-corrected chi connectivity index (χ0v) is 13.2. The van der Waals surface area contributed by atoms with Crippen LogP contribution in [-0.2, 0) is 11.3 Å². The van der Waals surface area contributed by atoms with Crippen LogP contribution >= 0.6 is 0 Å². The number of aromatic nitrogens is 1. The minimum Gasteiger partial charge on any atom is -0.478 e. The average molecular weight is 314 g/mol. The van der Waals surface area contributed by atoms with Crippen LogP contribution < -0.4 is 0 Å². The summed E-state index contributed by atoms with van der Waals surface area (Å²) in [4.78, 5) is 24.5. The highest BCUT2D eigenvalue weighted by molar-refractivity contribution is 5.92. The van der Waals surface area contributed by atoms with Crippen molar-refractivity contribution in [1.82, 2.24) is 10.1 Å². The van der Waals surface area contributed by atoms with Crippen LogP contribution in [-0.4, -0.2) is 34.1 Å². The number of nitrogens with zero attached hydrogens (tertiary/aromatic N) is 2. The second-order valence-corrected chi connectivity index (χ2v) is 5.26. The monoisotopic (exact) mass is 314 g/mol. The molecule has 1 aromatic carbocycles. The summed E-state index contributed by atoms with van der Waals surface area (Å²) in [6, 6.07) is 6.31. The number of benzene rings is 1. The maximum atomic E-state index is 12.1. The Labute approximate surface area is 134 Å². The van der Waals surface area contributed by atoms with Crippen LogP contribution in [0.25, 0.3) is 6.08 Å². The molecule has 1 N–H and O–H groups in total. The van der Waals surface area contributed by atoms with Gasteiger partial charge in [0.1, 0.15) is 5.76 Å². The standard InChI is InChI=1S/C17H18N2O4/c1-11-15(12(2)23-18-11)10-19(3)16(20)9-6-13-4-7-14(8-5-13)17(21)22/h4-9H,10H2,1-3H3,(H,21,22). The van der Waals surface area contributed by atoms with Crippen LogP contribution in [0.4, 0.5) is 0 Å². The predicted molar refractivity (Wildman–Crippen MR) is 84.9 cm³/mol. The number of carboxylic acids is 1. The van der Waals surface area contributed by atoms with E-state index in [0.717, 1.165) is 16.8 Å². The summed E-state index contributed by atoms with van der Waals surface area (Å²) in [5.41, 5.74) is 2.65. The van der Waals surface area contributed by atoms with Crippen LogP contribution in [0.2, 0.25) is 0 Å². The van der Waals surface area contributed by atoms with Crippen molar-refractivity contribution >= 4 is 18.0 Å². The van der Waals surface area contributed by atoms with Crippen LogP contribution in [0.15, 0.2) is 34.9 Å². The normalized spacial score (nSPS) is 10.9. The third-order valence-electron chi connectivity index (χ3n) is 3.53. The quantitative estimate of drug-likeness (QED) is 0.858. The molecule has 0 unspecified atom stereocenters. The summed E-state index contributed by atoms with van der Waals surface area (Å²) in [7, 11) is 1.70.